The molecule has 0 bridgehead atoms. The minimum atomic E-state index is 0.308. The van der Waals surface area contributed by atoms with Gasteiger partial charge in [-0.1, -0.05) is 43.3 Å². The van der Waals surface area contributed by atoms with E-state index in [4.69, 9.17) is 4.74 Å². The largest absolute Gasteiger partial charge is 0.508 e. The standard InChI is InChI=1S/C29H38N2O2/c1-4-31(20-22-7-5-21(6-8-22)15-16-30-2)29-19-27(33-3)13-14-28(29)25-10-9-24-18-26(32)12-11-23(24)17-25/h5-8,11-14,18-19,25,28-30,32H,4,9-10,15-17,20H2,1-3H3/t25-,28?,29?/m1/s1. The number of benzene rings is 2. The number of fused-ring (bicyclic) bond motifs is 1. The highest BCUT2D eigenvalue weighted by molar-refractivity contribution is 5.37. The predicted octanol–water partition coefficient (Wildman–Crippen LogP) is 4.87. The van der Waals surface area contributed by atoms with Crippen molar-refractivity contribution in [2.45, 2.75) is 45.2 Å². The summed E-state index contributed by atoms with van der Waals surface area (Å²) in [6.45, 7) is 5.19. The third kappa shape index (κ3) is 5.69. The molecule has 2 aromatic carbocycles. The number of likely N-dealkylation sites (N-methyl/N-ethyl adjacent to an activating group) is 2. The van der Waals surface area contributed by atoms with Crippen molar-refractivity contribution in [2.75, 3.05) is 27.2 Å². The van der Waals surface area contributed by atoms with E-state index in [1.807, 2.05) is 19.2 Å². The molecule has 0 spiro atoms. The van der Waals surface area contributed by atoms with Crippen molar-refractivity contribution < 1.29 is 9.84 Å². The van der Waals surface area contributed by atoms with Crippen LogP contribution in [0.2, 0.25) is 0 Å². The molecule has 33 heavy (non-hydrogen) atoms. The number of nitrogens with zero attached hydrogens (tertiary/aromatic N) is 1. The van der Waals surface area contributed by atoms with E-state index in [0.717, 1.165) is 51.1 Å². The molecule has 0 saturated heterocycles. The lowest BCUT2D eigenvalue weighted by Gasteiger charge is -2.41. The van der Waals surface area contributed by atoms with Gasteiger partial charge in [0.25, 0.3) is 0 Å². The third-order valence-corrected chi connectivity index (χ3v) is 7.35. The molecule has 2 aliphatic rings. The van der Waals surface area contributed by atoms with Crippen molar-refractivity contribution in [3.63, 3.8) is 0 Å². The molecule has 0 fully saturated rings. The van der Waals surface area contributed by atoms with Gasteiger partial charge in [0.2, 0.25) is 0 Å². The van der Waals surface area contributed by atoms with Crippen LogP contribution in [-0.4, -0.2) is 43.3 Å². The molecule has 4 nitrogen and oxygen atoms in total. The molecule has 4 rings (SSSR count). The van der Waals surface area contributed by atoms with Crippen LogP contribution in [0.1, 0.15) is 35.6 Å². The van der Waals surface area contributed by atoms with E-state index in [1.165, 1.54) is 22.3 Å². The summed E-state index contributed by atoms with van der Waals surface area (Å²) in [7, 11) is 3.76. The molecule has 2 N–H and O–H groups in total. The maximum Gasteiger partial charge on any atom is 0.116 e. The van der Waals surface area contributed by atoms with E-state index >= 15 is 0 Å². The van der Waals surface area contributed by atoms with Gasteiger partial charge in [-0.3, -0.25) is 4.90 Å². The fourth-order valence-electron chi connectivity index (χ4n) is 5.42. The molecular weight excluding hydrogens is 408 g/mol. The second-order valence-corrected chi connectivity index (χ2v) is 9.39. The quantitative estimate of drug-likeness (QED) is 0.577. The Balaban J connectivity index is 1.52. The molecule has 0 aromatic heterocycles. The zero-order valence-electron chi connectivity index (χ0n) is 20.3. The Morgan fingerprint density at radius 2 is 1.88 bits per heavy atom. The summed E-state index contributed by atoms with van der Waals surface area (Å²) in [4.78, 5) is 2.59. The summed E-state index contributed by atoms with van der Waals surface area (Å²) in [5, 5.41) is 13.1. The Labute approximate surface area is 199 Å². The molecule has 0 saturated carbocycles. The van der Waals surface area contributed by atoms with Gasteiger partial charge in [-0.05, 0) is 104 Å². The molecule has 3 atom stereocenters. The first kappa shape index (κ1) is 23.6. The number of aromatic hydroxyl groups is 1. The number of ether oxygens (including phenoxy) is 1. The number of nitrogens with one attached hydrogen (secondary N) is 1. The summed E-state index contributed by atoms with van der Waals surface area (Å²) < 4.78 is 5.64. The van der Waals surface area contributed by atoms with Crippen LogP contribution < -0.4 is 5.32 Å². The summed E-state index contributed by atoms with van der Waals surface area (Å²) in [5.41, 5.74) is 5.43. The lowest BCUT2D eigenvalue weighted by Crippen LogP contribution is -2.43. The Morgan fingerprint density at radius 1 is 1.09 bits per heavy atom. The number of phenolic OH excluding ortho intramolecular Hbond substituents is 1. The average Bonchev–Trinajstić information content (AvgIpc) is 2.86. The third-order valence-electron chi connectivity index (χ3n) is 7.35. The van der Waals surface area contributed by atoms with E-state index in [9.17, 15) is 5.11 Å². The topological polar surface area (TPSA) is 44.7 Å². The van der Waals surface area contributed by atoms with Crippen LogP contribution in [0.4, 0.5) is 0 Å². The smallest absolute Gasteiger partial charge is 0.116 e. The van der Waals surface area contributed by atoms with Crippen molar-refractivity contribution >= 4 is 0 Å². The highest BCUT2D eigenvalue weighted by atomic mass is 16.5. The number of phenols is 1. The Morgan fingerprint density at radius 3 is 2.61 bits per heavy atom. The molecule has 0 heterocycles. The van der Waals surface area contributed by atoms with Crippen LogP contribution in [0.3, 0.4) is 0 Å². The van der Waals surface area contributed by atoms with E-state index in [2.05, 4.69) is 65.7 Å². The van der Waals surface area contributed by atoms with Gasteiger partial charge in [-0.25, -0.2) is 0 Å². The molecule has 2 unspecified atom stereocenters. The molecule has 4 heteroatoms. The second-order valence-electron chi connectivity index (χ2n) is 9.39. The summed E-state index contributed by atoms with van der Waals surface area (Å²) in [6, 6.07) is 15.3. The van der Waals surface area contributed by atoms with Gasteiger partial charge >= 0.3 is 0 Å². The lowest BCUT2D eigenvalue weighted by molar-refractivity contribution is 0.147. The van der Waals surface area contributed by atoms with Gasteiger partial charge in [-0.2, -0.15) is 0 Å². The van der Waals surface area contributed by atoms with Gasteiger partial charge in [0, 0.05) is 12.6 Å². The Kier molecular flexibility index (Phi) is 7.89. The van der Waals surface area contributed by atoms with Crippen LogP contribution in [-0.2, 0) is 30.5 Å². The van der Waals surface area contributed by atoms with Gasteiger partial charge in [0.05, 0.1) is 7.11 Å². The molecular formula is C29H38N2O2. The lowest BCUT2D eigenvalue weighted by atomic mass is 9.72. The first-order chi connectivity index (χ1) is 16.1. The normalized spacial score (nSPS) is 22.2. The number of aryl methyl sites for hydroxylation is 1. The molecule has 176 valence electrons. The van der Waals surface area contributed by atoms with Crippen LogP contribution in [0.25, 0.3) is 0 Å². The average molecular weight is 447 g/mol. The number of hydrogen-bond acceptors (Lipinski definition) is 4. The Hall–Kier alpha value is -2.56. The number of methoxy groups -OCH3 is 1. The molecule has 2 aliphatic carbocycles. The SMILES string of the molecule is CCN(Cc1ccc(CCNC)cc1)C1C=C(OC)C=CC1[C@@H]1CCc2cc(O)ccc2C1. The number of rotatable bonds is 9. The van der Waals surface area contributed by atoms with Crippen molar-refractivity contribution in [2.24, 2.45) is 11.8 Å². The first-order valence-electron chi connectivity index (χ1n) is 12.3. The van der Waals surface area contributed by atoms with Crippen molar-refractivity contribution in [3.05, 3.63) is 88.7 Å². The van der Waals surface area contributed by atoms with Crippen molar-refractivity contribution in [1.82, 2.24) is 10.2 Å². The van der Waals surface area contributed by atoms with Crippen molar-refractivity contribution in [1.29, 1.82) is 0 Å². The number of allylic oxidation sites excluding steroid dienone is 1. The summed E-state index contributed by atoms with van der Waals surface area (Å²) in [5.74, 6) is 2.36. The van der Waals surface area contributed by atoms with Crippen LogP contribution in [0, 0.1) is 11.8 Å². The van der Waals surface area contributed by atoms with Crippen LogP contribution >= 0.6 is 0 Å². The molecule has 0 amide bonds. The van der Waals surface area contributed by atoms with Gasteiger partial charge < -0.3 is 15.2 Å². The molecule has 0 radical (unpaired) electrons. The van der Waals surface area contributed by atoms with Gasteiger partial charge in [0.15, 0.2) is 0 Å². The highest BCUT2D eigenvalue weighted by Gasteiger charge is 2.34. The second kappa shape index (κ2) is 11.0. The molecule has 0 aliphatic heterocycles. The van der Waals surface area contributed by atoms with E-state index in [-0.39, 0.29) is 0 Å². The van der Waals surface area contributed by atoms with E-state index < -0.39 is 0 Å². The van der Waals surface area contributed by atoms with E-state index in [1.54, 1.807) is 7.11 Å². The molecule has 2 aromatic rings. The van der Waals surface area contributed by atoms with E-state index in [0.29, 0.717) is 23.6 Å². The maximum absolute atomic E-state index is 9.86. The fraction of sp³-hybridized carbons (Fsp3) is 0.448. The van der Waals surface area contributed by atoms with Gasteiger partial charge in [0.1, 0.15) is 11.5 Å². The van der Waals surface area contributed by atoms with Crippen LogP contribution in [0.5, 0.6) is 5.75 Å². The predicted molar refractivity (Wildman–Crippen MR) is 135 cm³/mol. The Bertz CT molecular complexity index is 980. The zero-order chi connectivity index (χ0) is 23.2. The van der Waals surface area contributed by atoms with Crippen molar-refractivity contribution in [3.8, 4) is 5.75 Å². The minimum absolute atomic E-state index is 0.308. The zero-order valence-corrected chi connectivity index (χ0v) is 20.3. The summed E-state index contributed by atoms with van der Waals surface area (Å²) >= 11 is 0. The maximum atomic E-state index is 9.86. The monoisotopic (exact) mass is 446 g/mol. The minimum Gasteiger partial charge on any atom is -0.508 e. The summed E-state index contributed by atoms with van der Waals surface area (Å²) in [6.07, 6.45) is 11.2. The van der Waals surface area contributed by atoms with Crippen LogP contribution in [0.15, 0.2) is 66.5 Å². The number of hydrogen-bond donors (Lipinski definition) is 2. The van der Waals surface area contributed by atoms with Gasteiger partial charge in [-0.15, -0.1) is 0 Å². The fourth-order valence-corrected chi connectivity index (χ4v) is 5.42. The first-order valence-corrected chi connectivity index (χ1v) is 12.3. The highest BCUT2D eigenvalue weighted by Crippen LogP contribution is 2.38.